The summed E-state index contributed by atoms with van der Waals surface area (Å²) in [5.41, 5.74) is 0.776. The van der Waals surface area contributed by atoms with Gasteiger partial charge in [0.15, 0.2) is 0 Å². The Balaban J connectivity index is 2.03. The molecule has 0 radical (unpaired) electrons. The van der Waals surface area contributed by atoms with E-state index < -0.39 is 0 Å². The first kappa shape index (κ1) is 13.1. The molecular weight excluding hydrogens is 302 g/mol. The van der Waals surface area contributed by atoms with Crippen LogP contribution in [0.25, 0.3) is 0 Å². The number of hydrogen-bond donors (Lipinski definition) is 1. The molecule has 0 bridgehead atoms. The average molecular weight is 318 g/mol. The van der Waals surface area contributed by atoms with E-state index in [4.69, 9.17) is 5.11 Å². The van der Waals surface area contributed by atoms with E-state index >= 15 is 0 Å². The molecule has 0 aliphatic carbocycles. The molecule has 0 aromatic carbocycles. The molecule has 2 heterocycles. The molecule has 1 fully saturated rings. The van der Waals surface area contributed by atoms with Crippen LogP contribution < -0.4 is 0 Å². The van der Waals surface area contributed by atoms with Crippen molar-refractivity contribution in [1.82, 2.24) is 4.90 Å². The van der Waals surface area contributed by atoms with Gasteiger partial charge in [-0.2, -0.15) is 0 Å². The summed E-state index contributed by atoms with van der Waals surface area (Å²) < 4.78 is 0.993. The van der Waals surface area contributed by atoms with Crippen LogP contribution in [-0.4, -0.2) is 35.1 Å². The van der Waals surface area contributed by atoms with Crippen molar-refractivity contribution in [2.24, 2.45) is 0 Å². The third kappa shape index (κ3) is 3.09. The molecule has 1 saturated heterocycles. The number of carbonyl (C=O) groups excluding carboxylic acids is 1. The monoisotopic (exact) mass is 317 g/mol. The largest absolute Gasteiger partial charge is 0.396 e. The highest BCUT2D eigenvalue weighted by molar-refractivity contribution is 9.11. The number of halogens is 1. The number of likely N-dealkylation sites (tertiary alicyclic amines) is 1. The first-order valence-electron chi connectivity index (χ1n) is 5.88. The van der Waals surface area contributed by atoms with E-state index in [2.05, 4.69) is 15.9 Å². The SMILES string of the molecule is O=C(c1csc(Br)c1)N1CCCC1CCCO. The highest BCUT2D eigenvalue weighted by atomic mass is 79.9. The van der Waals surface area contributed by atoms with Crippen molar-refractivity contribution in [2.75, 3.05) is 13.2 Å². The van der Waals surface area contributed by atoms with Crippen LogP contribution >= 0.6 is 27.3 Å². The molecule has 0 saturated carbocycles. The zero-order chi connectivity index (χ0) is 12.3. The number of amides is 1. The van der Waals surface area contributed by atoms with Crippen LogP contribution in [0.5, 0.6) is 0 Å². The van der Waals surface area contributed by atoms with Crippen molar-refractivity contribution < 1.29 is 9.90 Å². The van der Waals surface area contributed by atoms with Gasteiger partial charge < -0.3 is 10.0 Å². The molecule has 94 valence electrons. The topological polar surface area (TPSA) is 40.5 Å². The van der Waals surface area contributed by atoms with E-state index in [1.165, 1.54) is 11.3 Å². The van der Waals surface area contributed by atoms with Crippen LogP contribution in [0.15, 0.2) is 15.2 Å². The summed E-state index contributed by atoms with van der Waals surface area (Å²) in [6.45, 7) is 1.06. The molecule has 1 aromatic rings. The lowest BCUT2D eigenvalue weighted by Crippen LogP contribution is -2.35. The summed E-state index contributed by atoms with van der Waals surface area (Å²) in [4.78, 5) is 14.2. The van der Waals surface area contributed by atoms with Crippen LogP contribution in [0.1, 0.15) is 36.0 Å². The first-order chi connectivity index (χ1) is 8.22. The molecule has 2 rings (SSSR count). The van der Waals surface area contributed by atoms with Crippen molar-refractivity contribution in [3.8, 4) is 0 Å². The predicted octanol–water partition coefficient (Wildman–Crippen LogP) is 2.89. The van der Waals surface area contributed by atoms with E-state index in [1.54, 1.807) is 0 Å². The number of aliphatic hydroxyl groups is 1. The normalized spacial score (nSPS) is 19.9. The number of nitrogens with zero attached hydrogens (tertiary/aromatic N) is 1. The fourth-order valence-electron chi connectivity index (χ4n) is 2.32. The van der Waals surface area contributed by atoms with E-state index in [9.17, 15) is 4.79 Å². The van der Waals surface area contributed by atoms with Gasteiger partial charge in [-0.15, -0.1) is 11.3 Å². The summed E-state index contributed by atoms with van der Waals surface area (Å²) in [6, 6.07) is 2.20. The van der Waals surface area contributed by atoms with E-state index in [1.807, 2.05) is 16.3 Å². The number of carbonyl (C=O) groups is 1. The van der Waals surface area contributed by atoms with Gasteiger partial charge in [-0.3, -0.25) is 4.79 Å². The molecule has 1 unspecified atom stereocenters. The lowest BCUT2D eigenvalue weighted by molar-refractivity contribution is 0.0725. The van der Waals surface area contributed by atoms with Gasteiger partial charge in [0.25, 0.3) is 5.91 Å². The van der Waals surface area contributed by atoms with E-state index in [0.717, 1.165) is 41.6 Å². The maximum Gasteiger partial charge on any atom is 0.254 e. The van der Waals surface area contributed by atoms with E-state index in [0.29, 0.717) is 6.04 Å². The minimum absolute atomic E-state index is 0.132. The van der Waals surface area contributed by atoms with Crippen molar-refractivity contribution in [3.63, 3.8) is 0 Å². The van der Waals surface area contributed by atoms with Crippen molar-refractivity contribution in [3.05, 3.63) is 20.8 Å². The van der Waals surface area contributed by atoms with Gasteiger partial charge in [-0.1, -0.05) is 0 Å². The highest BCUT2D eigenvalue weighted by Crippen LogP contribution is 2.27. The number of rotatable bonds is 4. The Kier molecular flexibility index (Phi) is 4.59. The van der Waals surface area contributed by atoms with Crippen LogP contribution in [0.3, 0.4) is 0 Å². The summed E-state index contributed by atoms with van der Waals surface area (Å²) in [5, 5.41) is 10.8. The van der Waals surface area contributed by atoms with Crippen LogP contribution in [0.2, 0.25) is 0 Å². The molecule has 1 aliphatic rings. The van der Waals surface area contributed by atoms with Gasteiger partial charge in [-0.05, 0) is 47.7 Å². The van der Waals surface area contributed by atoms with Crippen molar-refractivity contribution in [1.29, 1.82) is 0 Å². The molecule has 1 aliphatic heterocycles. The molecule has 1 N–H and O–H groups in total. The van der Waals surface area contributed by atoms with Gasteiger partial charge >= 0.3 is 0 Å². The van der Waals surface area contributed by atoms with Crippen molar-refractivity contribution >= 4 is 33.2 Å². The molecule has 17 heavy (non-hydrogen) atoms. The Morgan fingerprint density at radius 3 is 3.12 bits per heavy atom. The van der Waals surface area contributed by atoms with Crippen LogP contribution in [-0.2, 0) is 0 Å². The number of hydrogen-bond acceptors (Lipinski definition) is 3. The highest BCUT2D eigenvalue weighted by Gasteiger charge is 2.29. The lowest BCUT2D eigenvalue weighted by atomic mass is 10.1. The molecule has 1 aromatic heterocycles. The Bertz CT molecular complexity index is 394. The summed E-state index contributed by atoms with van der Waals surface area (Å²) in [5.74, 6) is 0.132. The average Bonchev–Trinajstić information content (AvgIpc) is 2.94. The maximum absolute atomic E-state index is 12.3. The fourth-order valence-corrected chi connectivity index (χ4v) is 3.45. The van der Waals surface area contributed by atoms with Gasteiger partial charge in [0, 0.05) is 24.6 Å². The third-order valence-electron chi connectivity index (χ3n) is 3.15. The Morgan fingerprint density at radius 2 is 2.47 bits per heavy atom. The Labute approximate surface area is 114 Å². The zero-order valence-electron chi connectivity index (χ0n) is 9.56. The standard InChI is InChI=1S/C12H16BrNO2S/c13-11-7-9(8-17-11)12(16)14-5-1-3-10(14)4-2-6-15/h7-8,10,15H,1-6H2. The predicted molar refractivity (Wildman–Crippen MR) is 72.4 cm³/mol. The second kappa shape index (κ2) is 5.98. The minimum atomic E-state index is 0.132. The maximum atomic E-state index is 12.3. The molecule has 5 heteroatoms. The minimum Gasteiger partial charge on any atom is -0.396 e. The van der Waals surface area contributed by atoms with Crippen LogP contribution in [0.4, 0.5) is 0 Å². The summed E-state index contributed by atoms with van der Waals surface area (Å²) >= 11 is 4.92. The molecule has 0 spiro atoms. The van der Waals surface area contributed by atoms with Gasteiger partial charge in [0.1, 0.15) is 0 Å². The Hall–Kier alpha value is -0.390. The Morgan fingerprint density at radius 1 is 1.65 bits per heavy atom. The van der Waals surface area contributed by atoms with Gasteiger partial charge in [0.05, 0.1) is 9.35 Å². The second-order valence-electron chi connectivity index (χ2n) is 4.30. The molecular formula is C12H16BrNO2S. The van der Waals surface area contributed by atoms with Gasteiger partial charge in [0.2, 0.25) is 0 Å². The number of thiophene rings is 1. The number of aliphatic hydroxyl groups excluding tert-OH is 1. The van der Waals surface area contributed by atoms with Crippen molar-refractivity contribution in [2.45, 2.75) is 31.7 Å². The first-order valence-corrected chi connectivity index (χ1v) is 7.55. The lowest BCUT2D eigenvalue weighted by Gasteiger charge is -2.24. The molecule has 3 nitrogen and oxygen atoms in total. The summed E-state index contributed by atoms with van der Waals surface area (Å²) in [6.07, 6.45) is 3.83. The van der Waals surface area contributed by atoms with Crippen LogP contribution in [0, 0.1) is 0 Å². The quantitative estimate of drug-likeness (QED) is 0.927. The second-order valence-corrected chi connectivity index (χ2v) is 6.59. The fraction of sp³-hybridized carbons (Fsp3) is 0.583. The molecule has 1 amide bonds. The molecule has 1 atom stereocenters. The smallest absolute Gasteiger partial charge is 0.254 e. The van der Waals surface area contributed by atoms with E-state index in [-0.39, 0.29) is 12.5 Å². The zero-order valence-corrected chi connectivity index (χ0v) is 12.0. The van der Waals surface area contributed by atoms with Gasteiger partial charge in [-0.25, -0.2) is 0 Å². The summed E-state index contributed by atoms with van der Waals surface area (Å²) in [7, 11) is 0. The third-order valence-corrected chi connectivity index (χ3v) is 4.65.